The number of nitro benzene ring substituents is 1. The van der Waals surface area contributed by atoms with Gasteiger partial charge in [0.15, 0.2) is 0 Å². The van der Waals surface area contributed by atoms with Crippen molar-refractivity contribution >= 4 is 17.3 Å². The molecule has 0 radical (unpaired) electrons. The van der Waals surface area contributed by atoms with E-state index in [1.807, 2.05) is 0 Å². The minimum atomic E-state index is -0.699. The van der Waals surface area contributed by atoms with Crippen molar-refractivity contribution in [2.45, 2.75) is 6.92 Å². The summed E-state index contributed by atoms with van der Waals surface area (Å²) in [7, 11) is 1.50. The molecule has 1 rings (SSSR count). The monoisotopic (exact) mass is 256 g/mol. The van der Waals surface area contributed by atoms with Crippen molar-refractivity contribution in [1.29, 1.82) is 0 Å². The van der Waals surface area contributed by atoms with Gasteiger partial charge in [0.25, 0.3) is 5.69 Å². The topological polar surface area (TPSA) is 72.7 Å². The second kappa shape index (κ2) is 5.95. The number of carbonyl (C=O) groups excluding carboxylic acids is 1. The van der Waals surface area contributed by atoms with Crippen LogP contribution in [-0.4, -0.2) is 31.1 Å². The molecule has 0 saturated heterocycles. The average Bonchev–Trinajstić information content (AvgIpc) is 2.28. The van der Waals surface area contributed by atoms with Crippen LogP contribution < -0.4 is 4.90 Å². The maximum Gasteiger partial charge on any atom is 0.325 e. The van der Waals surface area contributed by atoms with Crippen LogP contribution in [0.25, 0.3) is 0 Å². The quantitative estimate of drug-likeness (QED) is 0.455. The second-order valence-corrected chi connectivity index (χ2v) is 3.55. The number of benzene rings is 1. The lowest BCUT2D eigenvalue weighted by atomic mass is 10.2. The van der Waals surface area contributed by atoms with Gasteiger partial charge in [0.05, 0.1) is 17.6 Å². The van der Waals surface area contributed by atoms with E-state index in [1.165, 1.54) is 18.0 Å². The third kappa shape index (κ3) is 3.41. The Labute approximate surface area is 103 Å². The van der Waals surface area contributed by atoms with Gasteiger partial charge in [-0.2, -0.15) is 0 Å². The molecule has 0 aliphatic heterocycles. The normalized spacial score (nSPS) is 9.94. The van der Waals surface area contributed by atoms with Gasteiger partial charge in [0.1, 0.15) is 18.0 Å². The van der Waals surface area contributed by atoms with Gasteiger partial charge in [-0.25, -0.2) is 4.39 Å². The Morgan fingerprint density at radius 3 is 2.78 bits per heavy atom. The number of nitrogens with zero attached hydrogens (tertiary/aromatic N) is 2. The number of rotatable bonds is 5. The van der Waals surface area contributed by atoms with E-state index >= 15 is 0 Å². The van der Waals surface area contributed by atoms with E-state index in [4.69, 9.17) is 4.74 Å². The molecule has 0 aliphatic carbocycles. The third-order valence-corrected chi connectivity index (χ3v) is 2.22. The number of likely N-dealkylation sites (N-methyl/N-ethyl adjacent to an activating group) is 1. The largest absolute Gasteiger partial charge is 0.465 e. The number of hydrogen-bond acceptors (Lipinski definition) is 5. The van der Waals surface area contributed by atoms with E-state index in [2.05, 4.69) is 0 Å². The Balaban J connectivity index is 2.94. The SMILES string of the molecule is CCOC(=O)CN(C)c1ccc(F)cc1[N+](=O)[O-]. The molecule has 0 heterocycles. The molecule has 0 aromatic heterocycles. The van der Waals surface area contributed by atoms with Crippen LogP contribution in [0.5, 0.6) is 0 Å². The Morgan fingerprint density at radius 1 is 1.56 bits per heavy atom. The molecular formula is C11H13FN2O4. The van der Waals surface area contributed by atoms with E-state index in [0.29, 0.717) is 0 Å². The fourth-order valence-electron chi connectivity index (χ4n) is 1.45. The maximum atomic E-state index is 12.9. The molecule has 0 spiro atoms. The highest BCUT2D eigenvalue weighted by atomic mass is 19.1. The Morgan fingerprint density at radius 2 is 2.22 bits per heavy atom. The molecule has 0 atom stereocenters. The van der Waals surface area contributed by atoms with Crippen LogP contribution in [0.3, 0.4) is 0 Å². The van der Waals surface area contributed by atoms with Crippen molar-refractivity contribution in [2.24, 2.45) is 0 Å². The number of ether oxygens (including phenoxy) is 1. The van der Waals surface area contributed by atoms with Crippen LogP contribution in [0.1, 0.15) is 6.92 Å². The first kappa shape index (κ1) is 13.9. The lowest BCUT2D eigenvalue weighted by Gasteiger charge is -2.17. The second-order valence-electron chi connectivity index (χ2n) is 3.55. The number of anilines is 1. The highest BCUT2D eigenvalue weighted by Gasteiger charge is 2.19. The first-order valence-electron chi connectivity index (χ1n) is 5.26. The summed E-state index contributed by atoms with van der Waals surface area (Å²) < 4.78 is 17.7. The Hall–Kier alpha value is -2.18. The van der Waals surface area contributed by atoms with Gasteiger partial charge >= 0.3 is 5.97 Å². The molecule has 0 N–H and O–H groups in total. The molecule has 18 heavy (non-hydrogen) atoms. The van der Waals surface area contributed by atoms with Gasteiger partial charge in [-0.05, 0) is 19.1 Å². The molecule has 0 bridgehead atoms. The van der Waals surface area contributed by atoms with Crippen LogP contribution in [0.2, 0.25) is 0 Å². The summed E-state index contributed by atoms with van der Waals surface area (Å²) >= 11 is 0. The molecule has 0 unspecified atom stereocenters. The summed E-state index contributed by atoms with van der Waals surface area (Å²) in [4.78, 5) is 22.7. The number of nitro groups is 1. The zero-order chi connectivity index (χ0) is 13.7. The highest BCUT2D eigenvalue weighted by Crippen LogP contribution is 2.27. The smallest absolute Gasteiger partial charge is 0.325 e. The maximum absolute atomic E-state index is 12.9. The van der Waals surface area contributed by atoms with Gasteiger partial charge in [-0.3, -0.25) is 14.9 Å². The van der Waals surface area contributed by atoms with Crippen molar-refractivity contribution in [2.75, 3.05) is 25.1 Å². The fourth-order valence-corrected chi connectivity index (χ4v) is 1.45. The summed E-state index contributed by atoms with van der Waals surface area (Å²) in [6.07, 6.45) is 0. The summed E-state index contributed by atoms with van der Waals surface area (Å²) in [5.74, 6) is -1.20. The van der Waals surface area contributed by atoms with Gasteiger partial charge < -0.3 is 9.64 Å². The Kier molecular flexibility index (Phi) is 4.59. The lowest BCUT2D eigenvalue weighted by Crippen LogP contribution is -2.27. The first-order valence-corrected chi connectivity index (χ1v) is 5.26. The molecule has 6 nitrogen and oxygen atoms in total. The molecular weight excluding hydrogens is 243 g/mol. The van der Waals surface area contributed by atoms with Crippen LogP contribution >= 0.6 is 0 Å². The summed E-state index contributed by atoms with van der Waals surface area (Å²) in [5.41, 5.74) is -0.226. The van der Waals surface area contributed by atoms with Crippen LogP contribution in [-0.2, 0) is 9.53 Å². The van der Waals surface area contributed by atoms with E-state index in [9.17, 15) is 19.3 Å². The number of esters is 1. The van der Waals surface area contributed by atoms with E-state index in [0.717, 1.165) is 12.1 Å². The molecule has 98 valence electrons. The predicted molar refractivity (Wildman–Crippen MR) is 63.0 cm³/mol. The highest BCUT2D eigenvalue weighted by molar-refractivity contribution is 5.77. The number of halogens is 1. The molecule has 7 heteroatoms. The summed E-state index contributed by atoms with van der Waals surface area (Å²) in [6.45, 7) is 1.76. The predicted octanol–water partition coefficient (Wildman–Crippen LogP) is 1.73. The molecule has 0 fully saturated rings. The average molecular weight is 256 g/mol. The minimum Gasteiger partial charge on any atom is -0.465 e. The summed E-state index contributed by atoms with van der Waals surface area (Å²) in [6, 6.07) is 3.17. The zero-order valence-corrected chi connectivity index (χ0v) is 10.1. The van der Waals surface area contributed by atoms with Gasteiger partial charge in [0.2, 0.25) is 0 Å². The molecule has 0 amide bonds. The molecule has 1 aromatic carbocycles. The zero-order valence-electron chi connectivity index (χ0n) is 10.1. The van der Waals surface area contributed by atoms with Gasteiger partial charge in [-0.15, -0.1) is 0 Å². The minimum absolute atomic E-state index is 0.139. The molecule has 0 saturated carbocycles. The Bertz CT molecular complexity index is 464. The van der Waals surface area contributed by atoms with E-state index in [-0.39, 0.29) is 24.5 Å². The van der Waals surface area contributed by atoms with Crippen molar-refractivity contribution in [3.8, 4) is 0 Å². The first-order chi connectivity index (χ1) is 8.45. The standard InChI is InChI=1S/C11H13FN2O4/c1-3-18-11(15)7-13(2)9-5-4-8(12)6-10(9)14(16)17/h4-6H,3,7H2,1-2H3. The fraction of sp³-hybridized carbons (Fsp3) is 0.364. The molecule has 0 aliphatic rings. The lowest BCUT2D eigenvalue weighted by molar-refractivity contribution is -0.384. The van der Waals surface area contributed by atoms with E-state index in [1.54, 1.807) is 6.92 Å². The summed E-state index contributed by atoms with van der Waals surface area (Å²) in [5, 5.41) is 10.8. The number of hydrogen-bond donors (Lipinski definition) is 0. The molecule has 1 aromatic rings. The van der Waals surface area contributed by atoms with E-state index < -0.39 is 16.7 Å². The van der Waals surface area contributed by atoms with Crippen LogP contribution in [0, 0.1) is 15.9 Å². The van der Waals surface area contributed by atoms with Crippen molar-refractivity contribution in [3.63, 3.8) is 0 Å². The van der Waals surface area contributed by atoms with Crippen LogP contribution in [0.15, 0.2) is 18.2 Å². The van der Waals surface area contributed by atoms with Crippen molar-refractivity contribution in [3.05, 3.63) is 34.1 Å². The number of carbonyl (C=O) groups is 1. The van der Waals surface area contributed by atoms with Gasteiger partial charge in [-0.1, -0.05) is 0 Å². The van der Waals surface area contributed by atoms with Crippen molar-refractivity contribution < 1.29 is 18.8 Å². The third-order valence-electron chi connectivity index (χ3n) is 2.22. The van der Waals surface area contributed by atoms with Gasteiger partial charge in [0, 0.05) is 7.05 Å². The van der Waals surface area contributed by atoms with Crippen molar-refractivity contribution in [1.82, 2.24) is 0 Å². The van der Waals surface area contributed by atoms with Crippen LogP contribution in [0.4, 0.5) is 15.8 Å².